The van der Waals surface area contributed by atoms with Gasteiger partial charge in [-0.2, -0.15) is 0 Å². The van der Waals surface area contributed by atoms with Gasteiger partial charge in [0.15, 0.2) is 5.78 Å². The molecule has 0 spiro atoms. The molecule has 6 heteroatoms. The Morgan fingerprint density at radius 1 is 1.05 bits per heavy atom. The van der Waals surface area contributed by atoms with Crippen LogP contribution in [0.15, 0.2) is 114 Å². The third kappa shape index (κ3) is 6.70. The van der Waals surface area contributed by atoms with Crippen molar-refractivity contribution in [2.75, 3.05) is 6.54 Å². The van der Waals surface area contributed by atoms with Crippen LogP contribution in [0.4, 0.5) is 0 Å². The standard InChI is InChI=1S/C32H23ClN2O2.C2H7N/c1-20-17-24(12-14-28(20)34)23-10-7-21(8-11-23)9-16-30(36)31-27(18-22-5-3-2-4-6-22)26-19-25(33)13-15-29(26)35-32(31)37;1-2-3/h2-17,19,34H,1,18H2,(H,35,37);2-3H2,1H3/b16-9+,34-28?;. The third-order valence-corrected chi connectivity index (χ3v) is 6.57. The normalized spacial score (nSPS) is 12.8. The second kappa shape index (κ2) is 13.0. The van der Waals surface area contributed by atoms with E-state index in [0.717, 1.165) is 34.2 Å². The number of ketones is 1. The van der Waals surface area contributed by atoms with Gasteiger partial charge in [-0.3, -0.25) is 9.59 Å². The van der Waals surface area contributed by atoms with E-state index < -0.39 is 5.56 Å². The summed E-state index contributed by atoms with van der Waals surface area (Å²) < 4.78 is 0. The summed E-state index contributed by atoms with van der Waals surface area (Å²) in [5, 5.41) is 9.08. The highest BCUT2D eigenvalue weighted by Crippen LogP contribution is 2.26. The van der Waals surface area contributed by atoms with Crippen LogP contribution >= 0.6 is 11.6 Å². The van der Waals surface area contributed by atoms with Gasteiger partial charge in [0.2, 0.25) is 0 Å². The second-order valence-electron chi connectivity index (χ2n) is 9.26. The molecule has 1 aromatic heterocycles. The number of rotatable bonds is 6. The summed E-state index contributed by atoms with van der Waals surface area (Å²) in [6, 6.07) is 22.7. The molecule has 4 aromatic rings. The molecule has 4 N–H and O–H groups in total. The number of H-pyrrole nitrogens is 1. The number of benzene rings is 3. The van der Waals surface area contributed by atoms with Gasteiger partial charge in [0.1, 0.15) is 0 Å². The van der Waals surface area contributed by atoms with E-state index in [4.69, 9.17) is 22.7 Å². The summed E-state index contributed by atoms with van der Waals surface area (Å²) in [5.41, 5.74) is 10.7. The predicted molar refractivity (Wildman–Crippen MR) is 167 cm³/mol. The Labute approximate surface area is 238 Å². The van der Waals surface area contributed by atoms with Crippen molar-refractivity contribution in [2.24, 2.45) is 5.73 Å². The van der Waals surface area contributed by atoms with Crippen LogP contribution in [0.5, 0.6) is 0 Å². The fraction of sp³-hybridized carbons (Fsp3) is 0.0882. The number of nitrogens with one attached hydrogen (secondary N) is 2. The number of halogens is 1. The van der Waals surface area contributed by atoms with Crippen molar-refractivity contribution < 1.29 is 4.79 Å². The number of nitrogens with two attached hydrogens (primary N) is 1. The molecule has 0 fully saturated rings. The van der Waals surface area contributed by atoms with Crippen LogP contribution in [0.25, 0.3) is 22.6 Å². The van der Waals surface area contributed by atoms with Crippen LogP contribution in [0.2, 0.25) is 5.02 Å². The van der Waals surface area contributed by atoms with Gasteiger partial charge in [0.25, 0.3) is 5.56 Å². The molecular weight excluding hydrogens is 518 g/mol. The smallest absolute Gasteiger partial charge is 0.259 e. The van der Waals surface area contributed by atoms with Crippen molar-refractivity contribution in [1.29, 1.82) is 5.41 Å². The molecule has 40 heavy (non-hydrogen) atoms. The van der Waals surface area contributed by atoms with E-state index in [-0.39, 0.29) is 11.3 Å². The molecule has 1 heterocycles. The lowest BCUT2D eigenvalue weighted by atomic mass is 9.94. The van der Waals surface area contributed by atoms with Crippen LogP contribution < -0.4 is 11.3 Å². The summed E-state index contributed by atoms with van der Waals surface area (Å²) in [6.07, 6.45) is 9.07. The van der Waals surface area contributed by atoms with Gasteiger partial charge < -0.3 is 16.1 Å². The molecule has 0 aliphatic heterocycles. The first-order valence-electron chi connectivity index (χ1n) is 12.9. The molecule has 0 atom stereocenters. The molecule has 5 nitrogen and oxygen atoms in total. The van der Waals surface area contributed by atoms with Crippen molar-refractivity contribution in [3.05, 3.63) is 152 Å². The number of pyridine rings is 1. The summed E-state index contributed by atoms with van der Waals surface area (Å²) in [7, 11) is 0. The number of carbonyl (C=O) groups excluding carboxylic acids is 1. The number of hydrogen-bond acceptors (Lipinski definition) is 4. The average molecular weight is 548 g/mol. The first-order valence-corrected chi connectivity index (χ1v) is 13.3. The fourth-order valence-corrected chi connectivity index (χ4v) is 4.56. The highest BCUT2D eigenvalue weighted by atomic mass is 35.5. The van der Waals surface area contributed by atoms with Crippen LogP contribution in [-0.2, 0) is 6.42 Å². The number of aromatic nitrogens is 1. The predicted octanol–water partition coefficient (Wildman–Crippen LogP) is 7.16. The van der Waals surface area contributed by atoms with Crippen LogP contribution in [0.1, 0.15) is 39.5 Å². The van der Waals surface area contributed by atoms with E-state index in [1.165, 1.54) is 6.08 Å². The Bertz CT molecular complexity index is 1730. The van der Waals surface area contributed by atoms with Gasteiger partial charge in [0.05, 0.1) is 11.3 Å². The summed E-state index contributed by atoms with van der Waals surface area (Å²) >= 11 is 6.28. The van der Waals surface area contributed by atoms with Crippen molar-refractivity contribution in [1.82, 2.24) is 4.98 Å². The average Bonchev–Trinajstić information content (AvgIpc) is 2.95. The topological polar surface area (TPSA) is 99.8 Å². The zero-order valence-corrected chi connectivity index (χ0v) is 23.0. The van der Waals surface area contributed by atoms with Gasteiger partial charge in [-0.1, -0.05) is 91.9 Å². The molecule has 5 rings (SSSR count). The molecule has 1 aliphatic carbocycles. The van der Waals surface area contributed by atoms with Gasteiger partial charge >= 0.3 is 0 Å². The zero-order valence-electron chi connectivity index (χ0n) is 22.2. The van der Waals surface area contributed by atoms with E-state index in [1.807, 2.05) is 73.7 Å². The van der Waals surface area contributed by atoms with Gasteiger partial charge in [-0.25, -0.2) is 0 Å². The highest BCUT2D eigenvalue weighted by Gasteiger charge is 2.18. The number of carbonyl (C=O) groups is 1. The van der Waals surface area contributed by atoms with E-state index in [2.05, 4.69) is 11.6 Å². The van der Waals surface area contributed by atoms with Crippen molar-refractivity contribution >= 4 is 45.6 Å². The van der Waals surface area contributed by atoms with Crippen LogP contribution in [-0.4, -0.2) is 23.0 Å². The van der Waals surface area contributed by atoms with E-state index >= 15 is 0 Å². The molecule has 3 aromatic carbocycles. The molecule has 0 bridgehead atoms. The lowest BCUT2D eigenvalue weighted by Gasteiger charge is -2.12. The maximum absolute atomic E-state index is 13.4. The minimum Gasteiger partial charge on any atom is -0.331 e. The summed E-state index contributed by atoms with van der Waals surface area (Å²) in [5.74, 6) is -0.370. The second-order valence-corrected chi connectivity index (χ2v) is 9.70. The summed E-state index contributed by atoms with van der Waals surface area (Å²) in [4.78, 5) is 29.3. The molecule has 0 radical (unpaired) electrons. The maximum Gasteiger partial charge on any atom is 0.259 e. The first kappa shape index (κ1) is 28.4. The molecule has 200 valence electrons. The highest BCUT2D eigenvalue weighted by molar-refractivity contribution is 6.31. The first-order chi connectivity index (χ1) is 19.3. The Kier molecular flexibility index (Phi) is 9.23. The van der Waals surface area contributed by atoms with E-state index in [0.29, 0.717) is 33.8 Å². The molecule has 0 saturated carbocycles. The number of aromatic amines is 1. The monoisotopic (exact) mass is 547 g/mol. The van der Waals surface area contributed by atoms with E-state index in [9.17, 15) is 9.59 Å². The Balaban J connectivity index is 0.00000118. The molecule has 0 saturated heterocycles. The Hall–Kier alpha value is -4.58. The maximum atomic E-state index is 13.4. The lowest BCUT2D eigenvalue weighted by molar-refractivity contribution is 0.104. The number of fused-ring (bicyclic) bond motifs is 1. The Morgan fingerprint density at radius 3 is 2.42 bits per heavy atom. The minimum absolute atomic E-state index is 0.116. The number of hydrogen-bond donors (Lipinski definition) is 3. The van der Waals surface area contributed by atoms with Crippen molar-refractivity contribution in [3.63, 3.8) is 0 Å². The van der Waals surface area contributed by atoms with Gasteiger partial charge in [-0.15, -0.1) is 0 Å². The Morgan fingerprint density at radius 2 is 1.75 bits per heavy atom. The lowest BCUT2D eigenvalue weighted by Crippen LogP contribution is -2.20. The summed E-state index contributed by atoms with van der Waals surface area (Å²) in [6.45, 7) is 6.55. The van der Waals surface area contributed by atoms with Gasteiger partial charge in [-0.05, 0) is 82.8 Å². The van der Waals surface area contributed by atoms with Crippen molar-refractivity contribution in [2.45, 2.75) is 13.3 Å². The molecule has 0 unspecified atom stereocenters. The SMILES string of the molecule is C=C1C=C(c2ccc(/C=C/C(=O)c3c(Cc4ccccc4)c4cc(Cl)ccc4[nH]c3=O)cc2)C=CC1=N.CCN. The minimum atomic E-state index is -0.424. The zero-order chi connectivity index (χ0) is 28.6. The van der Waals surface area contributed by atoms with E-state index in [1.54, 1.807) is 30.4 Å². The van der Waals surface area contributed by atoms with Crippen LogP contribution in [0, 0.1) is 5.41 Å². The van der Waals surface area contributed by atoms with Gasteiger partial charge in [0, 0.05) is 15.9 Å². The quantitative estimate of drug-likeness (QED) is 0.176. The largest absolute Gasteiger partial charge is 0.331 e. The van der Waals surface area contributed by atoms with Crippen LogP contribution in [0.3, 0.4) is 0 Å². The van der Waals surface area contributed by atoms with Crippen molar-refractivity contribution in [3.8, 4) is 0 Å². The number of allylic oxidation sites excluding steroid dienone is 6. The molecule has 0 amide bonds. The molecule has 1 aliphatic rings. The fourth-order valence-electron chi connectivity index (χ4n) is 4.39. The molecular formula is C34H30ClN3O2. The third-order valence-electron chi connectivity index (χ3n) is 6.33.